The van der Waals surface area contributed by atoms with Crippen LogP contribution in [0.4, 0.5) is 0 Å². The zero-order valence-electron chi connectivity index (χ0n) is 12.0. The van der Waals surface area contributed by atoms with Gasteiger partial charge in [0, 0.05) is 9.75 Å². The van der Waals surface area contributed by atoms with E-state index in [1.165, 1.54) is 48.1 Å². The molecule has 3 nitrogen and oxygen atoms in total. The molecule has 0 bridgehead atoms. The molecule has 1 atom stereocenters. The number of rotatable bonds is 5. The number of fused-ring (bicyclic) bond motifs is 1. The number of hydrazine groups is 1. The number of nitrogens with one attached hydrogen (secondary N) is 1. The fourth-order valence-corrected chi connectivity index (χ4v) is 4.30. The highest BCUT2D eigenvalue weighted by Gasteiger charge is 2.24. The van der Waals surface area contributed by atoms with Crippen LogP contribution in [0.1, 0.15) is 46.2 Å². The summed E-state index contributed by atoms with van der Waals surface area (Å²) >= 11 is 1.90. The van der Waals surface area contributed by atoms with E-state index in [-0.39, 0.29) is 6.04 Å². The smallest absolute Gasteiger partial charge is 0.119 e. The molecule has 1 aromatic heterocycles. The summed E-state index contributed by atoms with van der Waals surface area (Å²) in [5, 5.41) is 0. The molecule has 1 unspecified atom stereocenters. The first kappa shape index (κ1) is 13.3. The third kappa shape index (κ3) is 2.71. The van der Waals surface area contributed by atoms with Crippen molar-refractivity contribution < 1.29 is 4.74 Å². The van der Waals surface area contributed by atoms with Gasteiger partial charge < -0.3 is 4.74 Å². The van der Waals surface area contributed by atoms with E-state index in [0.717, 1.165) is 5.75 Å². The van der Waals surface area contributed by atoms with Crippen molar-refractivity contribution in [2.24, 2.45) is 5.84 Å². The molecule has 1 heterocycles. The van der Waals surface area contributed by atoms with Gasteiger partial charge in [0.25, 0.3) is 0 Å². The van der Waals surface area contributed by atoms with Crippen molar-refractivity contribution in [3.05, 3.63) is 51.2 Å². The Morgan fingerprint density at radius 1 is 1.19 bits per heavy atom. The van der Waals surface area contributed by atoms with Gasteiger partial charge in [0.2, 0.25) is 0 Å². The Labute approximate surface area is 129 Å². The number of aryl methyl sites for hydroxylation is 2. The first-order valence-electron chi connectivity index (χ1n) is 7.68. The summed E-state index contributed by atoms with van der Waals surface area (Å²) in [7, 11) is 0. The molecule has 4 heteroatoms. The van der Waals surface area contributed by atoms with Crippen LogP contribution in [0, 0.1) is 0 Å². The number of thiophene rings is 1. The Morgan fingerprint density at radius 2 is 2.00 bits per heavy atom. The van der Waals surface area contributed by atoms with Crippen molar-refractivity contribution in [1.29, 1.82) is 0 Å². The molecule has 0 amide bonds. The quantitative estimate of drug-likeness (QED) is 0.658. The van der Waals surface area contributed by atoms with E-state index >= 15 is 0 Å². The van der Waals surface area contributed by atoms with Crippen molar-refractivity contribution in [3.63, 3.8) is 0 Å². The average molecular weight is 300 g/mol. The standard InChI is InChI=1S/C17H20N2OS/c18-19-17(16-10-12-2-1-3-15(12)21-16)11-4-6-13(7-5-11)20-14-8-9-14/h4-7,10,14,17,19H,1-3,8-9,18H2. The van der Waals surface area contributed by atoms with E-state index in [1.807, 2.05) is 11.3 Å². The molecule has 1 fully saturated rings. The van der Waals surface area contributed by atoms with Crippen molar-refractivity contribution in [3.8, 4) is 5.75 Å². The maximum absolute atomic E-state index is 5.81. The van der Waals surface area contributed by atoms with Gasteiger partial charge in [-0.2, -0.15) is 0 Å². The van der Waals surface area contributed by atoms with E-state index in [1.54, 1.807) is 4.88 Å². The first-order valence-corrected chi connectivity index (χ1v) is 8.49. The fraction of sp³-hybridized carbons (Fsp3) is 0.412. The molecule has 1 aromatic carbocycles. The van der Waals surface area contributed by atoms with Gasteiger partial charge in [-0.25, -0.2) is 5.43 Å². The first-order chi connectivity index (χ1) is 10.3. The van der Waals surface area contributed by atoms with Crippen LogP contribution in [-0.2, 0) is 12.8 Å². The van der Waals surface area contributed by atoms with Gasteiger partial charge in [-0.1, -0.05) is 12.1 Å². The predicted octanol–water partition coefficient (Wildman–Crippen LogP) is 3.33. The van der Waals surface area contributed by atoms with Gasteiger partial charge >= 0.3 is 0 Å². The minimum atomic E-state index is 0.0792. The molecule has 2 aliphatic carbocycles. The molecule has 2 aromatic rings. The number of nitrogens with two attached hydrogens (primary N) is 1. The fourth-order valence-electron chi connectivity index (χ4n) is 2.95. The average Bonchev–Trinajstić information content (AvgIpc) is 3.05. The van der Waals surface area contributed by atoms with E-state index < -0.39 is 0 Å². The summed E-state index contributed by atoms with van der Waals surface area (Å²) in [6, 6.07) is 10.8. The summed E-state index contributed by atoms with van der Waals surface area (Å²) in [5.74, 6) is 6.77. The molecule has 0 radical (unpaired) electrons. The van der Waals surface area contributed by atoms with E-state index in [0.29, 0.717) is 6.10 Å². The van der Waals surface area contributed by atoms with Gasteiger partial charge in [-0.3, -0.25) is 5.84 Å². The summed E-state index contributed by atoms with van der Waals surface area (Å²) < 4.78 is 5.80. The summed E-state index contributed by atoms with van der Waals surface area (Å²) in [6.07, 6.45) is 6.57. The van der Waals surface area contributed by atoms with E-state index in [9.17, 15) is 0 Å². The highest BCUT2D eigenvalue weighted by atomic mass is 32.1. The van der Waals surface area contributed by atoms with Crippen LogP contribution >= 0.6 is 11.3 Å². The Bertz CT molecular complexity index is 609. The third-order valence-electron chi connectivity index (χ3n) is 4.26. The second kappa shape index (κ2) is 5.44. The van der Waals surface area contributed by atoms with E-state index in [2.05, 4.69) is 35.8 Å². The molecule has 0 aliphatic heterocycles. The predicted molar refractivity (Wildman–Crippen MR) is 85.6 cm³/mol. The largest absolute Gasteiger partial charge is 0.490 e. The van der Waals surface area contributed by atoms with E-state index in [4.69, 9.17) is 10.6 Å². The molecule has 0 spiro atoms. The second-order valence-corrected chi connectivity index (χ2v) is 7.10. The normalized spacial score (nSPS) is 18.5. The van der Waals surface area contributed by atoms with Crippen LogP contribution in [0.15, 0.2) is 30.3 Å². The minimum Gasteiger partial charge on any atom is -0.490 e. The number of hydrogen-bond acceptors (Lipinski definition) is 4. The topological polar surface area (TPSA) is 47.3 Å². The molecule has 1 saturated carbocycles. The van der Waals surface area contributed by atoms with Gasteiger partial charge in [0.1, 0.15) is 5.75 Å². The lowest BCUT2D eigenvalue weighted by atomic mass is 10.0. The lowest BCUT2D eigenvalue weighted by Gasteiger charge is -2.15. The van der Waals surface area contributed by atoms with Crippen LogP contribution in [-0.4, -0.2) is 6.10 Å². The lowest BCUT2D eigenvalue weighted by molar-refractivity contribution is 0.303. The second-order valence-electron chi connectivity index (χ2n) is 5.94. The molecule has 2 aliphatic rings. The maximum atomic E-state index is 5.81. The highest BCUT2D eigenvalue weighted by Crippen LogP contribution is 2.36. The molecule has 21 heavy (non-hydrogen) atoms. The van der Waals surface area contributed by atoms with Gasteiger partial charge in [0.05, 0.1) is 12.1 Å². The van der Waals surface area contributed by atoms with Crippen molar-refractivity contribution >= 4 is 11.3 Å². The zero-order valence-corrected chi connectivity index (χ0v) is 12.8. The summed E-state index contributed by atoms with van der Waals surface area (Å²) in [5.41, 5.74) is 5.68. The van der Waals surface area contributed by atoms with Crippen LogP contribution < -0.4 is 16.0 Å². The molecular weight excluding hydrogens is 280 g/mol. The lowest BCUT2D eigenvalue weighted by Crippen LogP contribution is -2.28. The van der Waals surface area contributed by atoms with Crippen molar-refractivity contribution in [2.75, 3.05) is 0 Å². The number of benzene rings is 1. The van der Waals surface area contributed by atoms with Crippen LogP contribution in [0.2, 0.25) is 0 Å². The molecule has 4 rings (SSSR count). The molecule has 3 N–H and O–H groups in total. The maximum Gasteiger partial charge on any atom is 0.119 e. The Hall–Kier alpha value is -1.36. The Kier molecular flexibility index (Phi) is 3.45. The monoisotopic (exact) mass is 300 g/mol. The zero-order chi connectivity index (χ0) is 14.2. The van der Waals surface area contributed by atoms with Gasteiger partial charge in [-0.15, -0.1) is 11.3 Å². The number of hydrogen-bond donors (Lipinski definition) is 2. The summed E-state index contributed by atoms with van der Waals surface area (Å²) in [6.45, 7) is 0. The Morgan fingerprint density at radius 3 is 2.67 bits per heavy atom. The van der Waals surface area contributed by atoms with Gasteiger partial charge in [-0.05, 0) is 61.4 Å². The highest BCUT2D eigenvalue weighted by molar-refractivity contribution is 7.12. The van der Waals surface area contributed by atoms with Crippen LogP contribution in [0.3, 0.4) is 0 Å². The van der Waals surface area contributed by atoms with Crippen LogP contribution in [0.5, 0.6) is 5.75 Å². The summed E-state index contributed by atoms with van der Waals surface area (Å²) in [4.78, 5) is 2.86. The number of ether oxygens (including phenoxy) is 1. The van der Waals surface area contributed by atoms with Crippen LogP contribution in [0.25, 0.3) is 0 Å². The van der Waals surface area contributed by atoms with Crippen molar-refractivity contribution in [1.82, 2.24) is 5.43 Å². The van der Waals surface area contributed by atoms with Crippen molar-refractivity contribution in [2.45, 2.75) is 44.2 Å². The molecular formula is C17H20N2OS. The van der Waals surface area contributed by atoms with Gasteiger partial charge in [0.15, 0.2) is 0 Å². The Balaban J connectivity index is 1.56. The molecule has 0 saturated heterocycles. The minimum absolute atomic E-state index is 0.0792. The SMILES string of the molecule is NNC(c1ccc(OC2CC2)cc1)c1cc2c(s1)CCC2. The molecule has 110 valence electrons. The third-order valence-corrected chi connectivity index (χ3v) is 5.56.